The van der Waals surface area contributed by atoms with Crippen LogP contribution >= 0.6 is 24.0 Å². The van der Waals surface area contributed by atoms with Gasteiger partial charge in [0.2, 0.25) is 5.89 Å². The van der Waals surface area contributed by atoms with Crippen LogP contribution in [0.25, 0.3) is 0 Å². The van der Waals surface area contributed by atoms with Gasteiger partial charge in [0, 0.05) is 39.3 Å². The van der Waals surface area contributed by atoms with Crippen molar-refractivity contribution in [1.82, 2.24) is 25.4 Å². The van der Waals surface area contributed by atoms with Gasteiger partial charge in [0.05, 0.1) is 25.5 Å². The highest BCUT2D eigenvalue weighted by Crippen LogP contribution is 2.19. The quantitative estimate of drug-likeness (QED) is 0.266. The molecule has 3 heterocycles. The number of likely N-dealkylation sites (tertiary alicyclic amines) is 1. The summed E-state index contributed by atoms with van der Waals surface area (Å²) in [7, 11) is 1.87. The van der Waals surface area contributed by atoms with Crippen LogP contribution in [0, 0.1) is 25.7 Å². The van der Waals surface area contributed by atoms with Gasteiger partial charge in [-0.15, -0.1) is 24.0 Å². The summed E-state index contributed by atoms with van der Waals surface area (Å²) in [5, 5.41) is 7.16. The second-order valence-corrected chi connectivity index (χ2v) is 9.73. The fourth-order valence-electron chi connectivity index (χ4n) is 4.67. The molecule has 2 aliphatic rings. The number of aryl methyl sites for hydroxylation is 2. The second kappa shape index (κ2) is 14.5. The minimum Gasteiger partial charge on any atom is -0.444 e. The summed E-state index contributed by atoms with van der Waals surface area (Å²) in [4.78, 5) is 14.0. The molecule has 1 atom stereocenters. The molecule has 9 heteroatoms. The Morgan fingerprint density at radius 3 is 2.39 bits per heavy atom. The lowest BCUT2D eigenvalue weighted by Crippen LogP contribution is -2.51. The number of piperidine rings is 1. The number of guanidine groups is 1. The van der Waals surface area contributed by atoms with Gasteiger partial charge < -0.3 is 19.8 Å². The minimum absolute atomic E-state index is 0. The van der Waals surface area contributed by atoms with E-state index in [1.807, 2.05) is 20.9 Å². The molecule has 2 aliphatic heterocycles. The standard InChI is InChI=1S/C24H44N6O2.HI/c1-18(2)14-22(30-10-12-31-13-11-30)16-27-24(25-5)26-15-21-6-8-29(9-7-21)17-23-28-19(3)20(4)32-23;/h18,21-22H,6-17H2,1-5H3,(H2,25,26,27);1H. The third-order valence-corrected chi connectivity index (χ3v) is 6.73. The van der Waals surface area contributed by atoms with Crippen LogP contribution in [0.3, 0.4) is 0 Å². The SMILES string of the molecule is CN=C(NCC1CCN(Cc2nc(C)c(C)o2)CC1)NCC(CC(C)C)N1CCOCC1.I. The normalized spacial score (nSPS) is 20.0. The second-order valence-electron chi connectivity index (χ2n) is 9.73. The predicted molar refractivity (Wildman–Crippen MR) is 144 cm³/mol. The third-order valence-electron chi connectivity index (χ3n) is 6.73. The number of halogens is 1. The molecule has 2 saturated heterocycles. The van der Waals surface area contributed by atoms with Gasteiger partial charge in [-0.1, -0.05) is 13.8 Å². The molecule has 1 unspecified atom stereocenters. The third kappa shape index (κ3) is 9.33. The number of hydrogen-bond acceptors (Lipinski definition) is 6. The smallest absolute Gasteiger partial charge is 0.208 e. The highest BCUT2D eigenvalue weighted by Gasteiger charge is 2.23. The van der Waals surface area contributed by atoms with Crippen molar-refractivity contribution in [1.29, 1.82) is 0 Å². The van der Waals surface area contributed by atoms with Crippen LogP contribution in [-0.2, 0) is 11.3 Å². The predicted octanol–water partition coefficient (Wildman–Crippen LogP) is 3.03. The van der Waals surface area contributed by atoms with Gasteiger partial charge in [-0.25, -0.2) is 4.98 Å². The van der Waals surface area contributed by atoms with Crippen LogP contribution in [-0.4, -0.2) is 86.3 Å². The average molecular weight is 577 g/mol. The molecule has 2 fully saturated rings. The van der Waals surface area contributed by atoms with E-state index >= 15 is 0 Å². The lowest BCUT2D eigenvalue weighted by Gasteiger charge is -2.36. The van der Waals surface area contributed by atoms with E-state index in [4.69, 9.17) is 9.15 Å². The summed E-state index contributed by atoms with van der Waals surface area (Å²) in [6, 6.07) is 0.517. The minimum atomic E-state index is 0. The van der Waals surface area contributed by atoms with Crippen LogP contribution < -0.4 is 10.6 Å². The summed E-state index contributed by atoms with van der Waals surface area (Å²) < 4.78 is 11.3. The van der Waals surface area contributed by atoms with Crippen molar-refractivity contribution in [2.45, 2.75) is 59.5 Å². The maximum Gasteiger partial charge on any atom is 0.208 e. The molecule has 0 amide bonds. The number of hydrogen-bond donors (Lipinski definition) is 2. The topological polar surface area (TPSA) is 78.2 Å². The van der Waals surface area contributed by atoms with Crippen molar-refractivity contribution in [3.8, 4) is 0 Å². The number of rotatable bonds is 9. The van der Waals surface area contributed by atoms with E-state index in [-0.39, 0.29) is 24.0 Å². The van der Waals surface area contributed by atoms with Crippen LogP contribution in [0.5, 0.6) is 0 Å². The maximum atomic E-state index is 5.75. The Kier molecular flexibility index (Phi) is 12.4. The molecule has 1 aromatic heterocycles. The molecule has 190 valence electrons. The van der Waals surface area contributed by atoms with Crippen LogP contribution in [0.1, 0.15) is 50.5 Å². The summed E-state index contributed by atoms with van der Waals surface area (Å²) in [6.07, 6.45) is 3.56. The number of nitrogens with one attached hydrogen (secondary N) is 2. The zero-order valence-electron chi connectivity index (χ0n) is 21.2. The number of aromatic nitrogens is 1. The van der Waals surface area contributed by atoms with Gasteiger partial charge in [0.15, 0.2) is 5.96 Å². The Hall–Kier alpha value is -0.910. The first-order valence-corrected chi connectivity index (χ1v) is 12.4. The fraction of sp³-hybridized carbons (Fsp3) is 0.833. The Bertz CT molecular complexity index is 692. The number of nitrogens with zero attached hydrogens (tertiary/aromatic N) is 4. The van der Waals surface area contributed by atoms with Gasteiger partial charge in [-0.2, -0.15) is 0 Å². The van der Waals surface area contributed by atoms with Gasteiger partial charge in [-0.3, -0.25) is 14.8 Å². The monoisotopic (exact) mass is 576 g/mol. The van der Waals surface area contributed by atoms with E-state index in [9.17, 15) is 0 Å². The lowest BCUT2D eigenvalue weighted by atomic mass is 9.97. The molecule has 0 aromatic carbocycles. The van der Waals surface area contributed by atoms with Gasteiger partial charge >= 0.3 is 0 Å². The summed E-state index contributed by atoms with van der Waals surface area (Å²) >= 11 is 0. The van der Waals surface area contributed by atoms with Crippen LogP contribution in [0.2, 0.25) is 0 Å². The molecule has 0 aliphatic carbocycles. The number of ether oxygens (including phenoxy) is 1. The van der Waals surface area contributed by atoms with Crippen molar-refractivity contribution < 1.29 is 9.15 Å². The molecular weight excluding hydrogens is 531 g/mol. The van der Waals surface area contributed by atoms with Crippen molar-refractivity contribution in [2.75, 3.05) is 59.5 Å². The molecule has 2 N–H and O–H groups in total. The van der Waals surface area contributed by atoms with E-state index in [0.717, 1.165) is 82.3 Å². The average Bonchev–Trinajstić information content (AvgIpc) is 3.11. The molecule has 0 radical (unpaired) electrons. The molecule has 0 saturated carbocycles. The van der Waals surface area contributed by atoms with Crippen LogP contribution in [0.4, 0.5) is 0 Å². The molecule has 0 spiro atoms. The number of oxazole rings is 1. The van der Waals surface area contributed by atoms with Crippen molar-refractivity contribution in [3.05, 3.63) is 17.3 Å². The molecular formula is C24H45IN6O2. The van der Waals surface area contributed by atoms with Crippen LogP contribution in [0.15, 0.2) is 9.41 Å². The molecule has 3 rings (SSSR count). The maximum absolute atomic E-state index is 5.75. The highest BCUT2D eigenvalue weighted by molar-refractivity contribution is 14.0. The van der Waals surface area contributed by atoms with E-state index in [2.05, 4.69) is 44.3 Å². The largest absolute Gasteiger partial charge is 0.444 e. The Morgan fingerprint density at radius 1 is 1.12 bits per heavy atom. The summed E-state index contributed by atoms with van der Waals surface area (Å²) in [6.45, 7) is 17.2. The summed E-state index contributed by atoms with van der Waals surface area (Å²) in [5.74, 6) is 4.04. The highest BCUT2D eigenvalue weighted by atomic mass is 127. The van der Waals surface area contributed by atoms with E-state index < -0.39 is 0 Å². The van der Waals surface area contributed by atoms with Crippen molar-refractivity contribution in [3.63, 3.8) is 0 Å². The van der Waals surface area contributed by atoms with E-state index in [1.165, 1.54) is 19.3 Å². The van der Waals surface area contributed by atoms with Gasteiger partial charge in [0.25, 0.3) is 0 Å². The van der Waals surface area contributed by atoms with Gasteiger partial charge in [-0.05, 0) is 58.0 Å². The summed E-state index contributed by atoms with van der Waals surface area (Å²) in [5.41, 5.74) is 1.00. The molecule has 33 heavy (non-hydrogen) atoms. The Labute approximate surface area is 217 Å². The van der Waals surface area contributed by atoms with Crippen molar-refractivity contribution >= 4 is 29.9 Å². The lowest BCUT2D eigenvalue weighted by molar-refractivity contribution is 0.0132. The first kappa shape index (κ1) is 28.3. The molecule has 8 nitrogen and oxygen atoms in total. The van der Waals surface area contributed by atoms with Crippen molar-refractivity contribution in [2.24, 2.45) is 16.8 Å². The zero-order chi connectivity index (χ0) is 22.9. The first-order valence-electron chi connectivity index (χ1n) is 12.4. The Balaban J connectivity index is 0.00000385. The molecule has 1 aromatic rings. The first-order chi connectivity index (χ1) is 15.4. The van der Waals surface area contributed by atoms with E-state index in [1.54, 1.807) is 0 Å². The zero-order valence-corrected chi connectivity index (χ0v) is 23.6. The fourth-order valence-corrected chi connectivity index (χ4v) is 4.67. The molecule has 0 bridgehead atoms. The van der Waals surface area contributed by atoms with Gasteiger partial charge in [0.1, 0.15) is 5.76 Å². The van der Waals surface area contributed by atoms with E-state index in [0.29, 0.717) is 17.9 Å². The number of aliphatic imine (C=N–C) groups is 1. The Morgan fingerprint density at radius 2 is 1.82 bits per heavy atom. The number of morpholine rings is 1.